The number of allylic oxidation sites excluding steroid dienone is 4. The number of benzene rings is 1. The van der Waals surface area contributed by atoms with Crippen molar-refractivity contribution in [2.24, 2.45) is 0 Å². The molecule has 0 amide bonds. The van der Waals surface area contributed by atoms with Gasteiger partial charge in [0.2, 0.25) is 0 Å². The molecule has 1 aliphatic rings. The van der Waals surface area contributed by atoms with Gasteiger partial charge in [-0.15, -0.1) is 6.42 Å². The van der Waals surface area contributed by atoms with Crippen molar-refractivity contribution in [3.8, 4) is 0 Å². The molecule has 0 nitrogen and oxygen atoms in total. The summed E-state index contributed by atoms with van der Waals surface area (Å²) < 4.78 is 0. The summed E-state index contributed by atoms with van der Waals surface area (Å²) in [6, 6.07) is 8.50. The smallest absolute Gasteiger partial charge is 1.00 e. The first-order valence-corrected chi connectivity index (χ1v) is 9.53. The zero-order valence-corrected chi connectivity index (χ0v) is 19.1. The third kappa shape index (κ3) is 8.95. The van der Waals surface area contributed by atoms with Crippen LogP contribution >= 0.6 is 0 Å². The van der Waals surface area contributed by atoms with E-state index in [4.69, 9.17) is 0 Å². The fourth-order valence-corrected chi connectivity index (χ4v) is 6.33. The van der Waals surface area contributed by atoms with Crippen LogP contribution in [0, 0.1) is 19.9 Å². The van der Waals surface area contributed by atoms with Crippen LogP contribution in [0.3, 0.4) is 0 Å². The van der Waals surface area contributed by atoms with Crippen LogP contribution in [0.2, 0.25) is 6.04 Å². The Kier molecular flexibility index (Phi) is 18.2. The van der Waals surface area contributed by atoms with Crippen LogP contribution in [0.15, 0.2) is 35.5 Å². The minimum Gasteiger partial charge on any atom is -1.00 e. The summed E-state index contributed by atoms with van der Waals surface area (Å²) in [6.07, 6.45) is 13.3. The van der Waals surface area contributed by atoms with Gasteiger partial charge >= 0.3 is 21.7 Å². The van der Waals surface area contributed by atoms with Crippen molar-refractivity contribution in [1.82, 2.24) is 0 Å². The van der Waals surface area contributed by atoms with Gasteiger partial charge in [-0.2, -0.15) is 6.08 Å². The Bertz CT molecular complexity index is 481. The van der Waals surface area contributed by atoms with Gasteiger partial charge in [0.15, 0.2) is 0 Å². The molecule has 2 rings (SSSR count). The first-order valence-electron chi connectivity index (χ1n) is 7.56. The largest absolute Gasteiger partial charge is 4.00 e. The van der Waals surface area contributed by atoms with E-state index < -0.39 is 8.80 Å². The second-order valence-electron chi connectivity index (χ2n) is 5.71. The molecule has 1 aromatic carbocycles. The Balaban J connectivity index is -0.000001000. The van der Waals surface area contributed by atoms with Crippen molar-refractivity contribution < 1.29 is 58.9 Å². The van der Waals surface area contributed by atoms with Crippen molar-refractivity contribution >= 4 is 14.0 Å². The first-order chi connectivity index (χ1) is 9.20. The van der Waals surface area contributed by atoms with E-state index in [1.54, 1.807) is 10.4 Å². The minimum absolute atomic E-state index is 0. The van der Waals surface area contributed by atoms with Gasteiger partial charge in [0.1, 0.15) is 0 Å². The molecule has 0 aliphatic heterocycles. The van der Waals surface area contributed by atoms with E-state index in [-0.39, 0.29) is 58.9 Å². The molecule has 0 saturated heterocycles. The van der Waals surface area contributed by atoms with Crippen molar-refractivity contribution in [2.45, 2.75) is 52.5 Å². The number of rotatable bonds is 6. The average molecular weight is 424 g/mol. The SMILES string of the molecule is CCCCC[SiH](C1=[C-]CC=C1)c1cc(C)cc(C)c1.[Cl-].[Cl-].[Cl-].[Ti+4]. The van der Waals surface area contributed by atoms with Crippen molar-refractivity contribution in [3.05, 3.63) is 52.8 Å². The summed E-state index contributed by atoms with van der Waals surface area (Å²) in [7, 11) is -1.01. The van der Waals surface area contributed by atoms with Gasteiger partial charge in [-0.25, -0.2) is 11.3 Å². The number of unbranched alkanes of at least 4 members (excludes halogenated alkanes) is 2. The monoisotopic (exact) mass is 422 g/mol. The van der Waals surface area contributed by atoms with Gasteiger partial charge in [-0.05, 0) is 13.8 Å². The summed E-state index contributed by atoms with van der Waals surface area (Å²) >= 11 is 0. The van der Waals surface area contributed by atoms with E-state index in [9.17, 15) is 0 Å². The van der Waals surface area contributed by atoms with Crippen LogP contribution in [-0.2, 0) is 21.7 Å². The van der Waals surface area contributed by atoms with Gasteiger partial charge in [-0.1, -0.05) is 66.7 Å². The summed E-state index contributed by atoms with van der Waals surface area (Å²) in [6.45, 7) is 6.72. The number of halogens is 3. The molecular formula is C18H25Cl3SiTi. The maximum absolute atomic E-state index is 3.59. The molecular weight excluding hydrogens is 399 g/mol. The van der Waals surface area contributed by atoms with Crippen molar-refractivity contribution in [1.29, 1.82) is 0 Å². The van der Waals surface area contributed by atoms with E-state index in [2.05, 4.69) is 57.2 Å². The van der Waals surface area contributed by atoms with Crippen LogP contribution in [0.1, 0.15) is 43.7 Å². The number of hydrogen-bond donors (Lipinski definition) is 0. The van der Waals surface area contributed by atoms with Crippen LogP contribution in [0.25, 0.3) is 0 Å². The Morgan fingerprint density at radius 2 is 1.61 bits per heavy atom. The van der Waals surface area contributed by atoms with E-state index in [1.165, 1.54) is 36.4 Å². The van der Waals surface area contributed by atoms with Crippen LogP contribution in [0.4, 0.5) is 0 Å². The molecule has 1 atom stereocenters. The van der Waals surface area contributed by atoms with Gasteiger partial charge in [0, 0.05) is 0 Å². The Labute approximate surface area is 177 Å². The molecule has 0 aromatic heterocycles. The standard InChI is InChI=1S/C18H25Si.3ClH.Ti/c1-4-5-8-11-19(17-9-6-7-10-17)18-13-15(2)12-16(3)14-18;;;;/h6,9,12-14,19H,4-5,7-8,11H2,1-3H3;3*1H;/q-1;;;;+4/p-3. The molecule has 126 valence electrons. The summed E-state index contributed by atoms with van der Waals surface area (Å²) in [5.74, 6) is 0. The Morgan fingerprint density at radius 1 is 1.00 bits per heavy atom. The van der Waals surface area contributed by atoms with Crippen LogP contribution in [-0.4, -0.2) is 8.80 Å². The van der Waals surface area contributed by atoms with E-state index in [0.29, 0.717) is 0 Å². The van der Waals surface area contributed by atoms with Gasteiger partial charge in [0.25, 0.3) is 0 Å². The summed E-state index contributed by atoms with van der Waals surface area (Å²) in [4.78, 5) is 0. The van der Waals surface area contributed by atoms with Crippen LogP contribution in [0.5, 0.6) is 0 Å². The second kappa shape index (κ2) is 14.8. The molecule has 0 radical (unpaired) electrons. The molecule has 0 bridgehead atoms. The molecule has 0 heterocycles. The maximum atomic E-state index is 3.59. The number of aryl methyl sites for hydroxylation is 2. The normalized spacial score (nSPS) is 12.9. The molecule has 5 heteroatoms. The minimum atomic E-state index is -1.01. The van der Waals surface area contributed by atoms with Crippen molar-refractivity contribution in [3.63, 3.8) is 0 Å². The summed E-state index contributed by atoms with van der Waals surface area (Å²) in [5, 5.41) is 3.16. The fourth-order valence-electron chi connectivity index (χ4n) is 2.97. The molecule has 0 spiro atoms. The second-order valence-corrected chi connectivity index (χ2v) is 8.68. The third-order valence-electron chi connectivity index (χ3n) is 3.84. The van der Waals surface area contributed by atoms with E-state index >= 15 is 0 Å². The molecule has 23 heavy (non-hydrogen) atoms. The molecule has 0 fully saturated rings. The van der Waals surface area contributed by atoms with Crippen LogP contribution < -0.4 is 42.4 Å². The summed E-state index contributed by atoms with van der Waals surface area (Å²) in [5.41, 5.74) is 2.82. The molecule has 1 aromatic rings. The maximum Gasteiger partial charge on any atom is 4.00 e. The van der Waals surface area contributed by atoms with E-state index in [1.807, 2.05) is 0 Å². The predicted molar refractivity (Wildman–Crippen MR) is 87.5 cm³/mol. The zero-order chi connectivity index (χ0) is 13.7. The fraction of sp³-hybridized carbons (Fsp3) is 0.444. The molecule has 1 unspecified atom stereocenters. The quantitative estimate of drug-likeness (QED) is 0.245. The molecule has 0 N–H and O–H groups in total. The topological polar surface area (TPSA) is 0 Å². The zero-order valence-electron chi connectivity index (χ0n) is 14.1. The molecule has 0 saturated carbocycles. The van der Waals surface area contributed by atoms with Gasteiger partial charge in [0.05, 0.1) is 8.80 Å². The van der Waals surface area contributed by atoms with Crippen molar-refractivity contribution in [2.75, 3.05) is 0 Å². The third-order valence-corrected chi connectivity index (χ3v) is 7.11. The average Bonchev–Trinajstić information content (AvgIpc) is 2.87. The van der Waals surface area contributed by atoms with Gasteiger partial charge in [-0.3, -0.25) is 6.08 Å². The van der Waals surface area contributed by atoms with Gasteiger partial charge < -0.3 is 37.2 Å². The predicted octanol–water partition coefficient (Wildman–Crippen LogP) is -4.83. The Hall–Kier alpha value is 0.501. The Morgan fingerprint density at radius 3 is 2.09 bits per heavy atom. The molecule has 1 aliphatic carbocycles. The van der Waals surface area contributed by atoms with E-state index in [0.717, 1.165) is 6.42 Å². The first kappa shape index (κ1) is 28.3. The number of hydrogen-bond acceptors (Lipinski definition) is 0.